The Hall–Kier alpha value is -0.800. The van der Waals surface area contributed by atoms with Crippen LogP contribution in [0.5, 0.6) is 0 Å². The second kappa shape index (κ2) is 3.90. The van der Waals surface area contributed by atoms with Gasteiger partial charge in [-0.2, -0.15) is 0 Å². The van der Waals surface area contributed by atoms with Gasteiger partial charge in [-0.3, -0.25) is 4.98 Å². The van der Waals surface area contributed by atoms with Crippen molar-refractivity contribution in [2.75, 3.05) is 31.1 Å². The molecular formula is C12H16ClN3. The van der Waals surface area contributed by atoms with Crippen LogP contribution in [0.3, 0.4) is 0 Å². The highest BCUT2D eigenvalue weighted by Gasteiger charge is 2.40. The van der Waals surface area contributed by atoms with E-state index in [0.717, 1.165) is 36.9 Å². The van der Waals surface area contributed by atoms with E-state index in [0.29, 0.717) is 5.41 Å². The summed E-state index contributed by atoms with van der Waals surface area (Å²) in [4.78, 5) is 6.43. The summed E-state index contributed by atoms with van der Waals surface area (Å²) < 4.78 is 0. The Kier molecular flexibility index (Phi) is 2.52. The third kappa shape index (κ3) is 1.68. The molecule has 86 valence electrons. The lowest BCUT2D eigenvalue weighted by Gasteiger charge is -2.24. The molecule has 0 aromatic carbocycles. The number of halogens is 1. The van der Waals surface area contributed by atoms with Gasteiger partial charge >= 0.3 is 0 Å². The molecule has 3 rings (SSSR count). The zero-order valence-electron chi connectivity index (χ0n) is 9.25. The summed E-state index contributed by atoms with van der Waals surface area (Å²) in [6, 6.07) is 2.02. The van der Waals surface area contributed by atoms with Crippen molar-refractivity contribution >= 4 is 17.3 Å². The smallest absolute Gasteiger partial charge is 0.0822 e. The van der Waals surface area contributed by atoms with E-state index in [1.165, 1.54) is 12.8 Å². The van der Waals surface area contributed by atoms with Crippen LogP contribution in [-0.4, -0.2) is 31.2 Å². The Morgan fingerprint density at radius 2 is 2.38 bits per heavy atom. The highest BCUT2D eigenvalue weighted by molar-refractivity contribution is 6.33. The van der Waals surface area contributed by atoms with E-state index >= 15 is 0 Å². The van der Waals surface area contributed by atoms with Crippen molar-refractivity contribution in [1.82, 2.24) is 10.3 Å². The lowest BCUT2D eigenvalue weighted by atomic mass is 9.86. The first kappa shape index (κ1) is 10.4. The second-order valence-electron chi connectivity index (χ2n) is 4.93. The Labute approximate surface area is 101 Å². The van der Waals surface area contributed by atoms with E-state index in [4.69, 9.17) is 11.6 Å². The molecule has 3 nitrogen and oxygen atoms in total. The van der Waals surface area contributed by atoms with Gasteiger partial charge in [0.15, 0.2) is 0 Å². The average molecular weight is 238 g/mol. The third-order valence-electron chi connectivity index (χ3n) is 3.86. The predicted octanol–water partition coefficient (Wildman–Crippen LogP) is 1.92. The summed E-state index contributed by atoms with van der Waals surface area (Å²) >= 11 is 6.18. The van der Waals surface area contributed by atoms with Crippen LogP contribution in [0.1, 0.15) is 12.8 Å². The van der Waals surface area contributed by atoms with E-state index < -0.39 is 0 Å². The fourth-order valence-electron chi connectivity index (χ4n) is 2.91. The van der Waals surface area contributed by atoms with Crippen molar-refractivity contribution in [2.24, 2.45) is 5.41 Å². The van der Waals surface area contributed by atoms with Crippen molar-refractivity contribution in [3.8, 4) is 0 Å². The summed E-state index contributed by atoms with van der Waals surface area (Å²) in [6.45, 7) is 4.57. The molecule has 0 aliphatic carbocycles. The number of anilines is 1. The molecular weight excluding hydrogens is 222 g/mol. The number of hydrogen-bond acceptors (Lipinski definition) is 3. The molecule has 1 spiro atoms. The van der Waals surface area contributed by atoms with Crippen LogP contribution in [0, 0.1) is 5.41 Å². The Balaban J connectivity index is 1.81. The lowest BCUT2D eigenvalue weighted by Crippen LogP contribution is -2.29. The van der Waals surface area contributed by atoms with Gasteiger partial charge in [-0.25, -0.2) is 0 Å². The molecule has 1 aromatic heterocycles. The summed E-state index contributed by atoms with van der Waals surface area (Å²) in [7, 11) is 0. The Bertz CT molecular complexity index is 388. The molecule has 3 heterocycles. The molecule has 2 aliphatic rings. The van der Waals surface area contributed by atoms with Gasteiger partial charge in [0.1, 0.15) is 0 Å². The number of nitrogens with one attached hydrogen (secondary N) is 1. The van der Waals surface area contributed by atoms with Crippen LogP contribution >= 0.6 is 11.6 Å². The number of nitrogens with zero attached hydrogens (tertiary/aromatic N) is 2. The molecule has 16 heavy (non-hydrogen) atoms. The summed E-state index contributed by atoms with van der Waals surface area (Å²) in [6.07, 6.45) is 6.12. The van der Waals surface area contributed by atoms with Gasteiger partial charge in [-0.15, -0.1) is 0 Å². The first-order valence-electron chi connectivity index (χ1n) is 5.84. The molecule has 0 amide bonds. The molecule has 1 N–H and O–H groups in total. The fourth-order valence-corrected chi connectivity index (χ4v) is 3.15. The summed E-state index contributed by atoms with van der Waals surface area (Å²) in [5, 5.41) is 4.24. The van der Waals surface area contributed by atoms with Crippen molar-refractivity contribution < 1.29 is 0 Å². The average Bonchev–Trinajstić information content (AvgIpc) is 2.91. The van der Waals surface area contributed by atoms with Gasteiger partial charge in [0, 0.05) is 37.4 Å². The summed E-state index contributed by atoms with van der Waals surface area (Å²) in [5.74, 6) is 0. The predicted molar refractivity (Wildman–Crippen MR) is 66.0 cm³/mol. The standard InChI is InChI=1S/C12H16ClN3/c13-10-7-14-4-1-11(10)16-6-3-12(9-16)2-5-15-8-12/h1,4,7,15H,2-3,5-6,8-9H2. The van der Waals surface area contributed by atoms with E-state index in [9.17, 15) is 0 Å². The molecule has 0 radical (unpaired) electrons. The van der Waals surface area contributed by atoms with Crippen LogP contribution < -0.4 is 10.2 Å². The van der Waals surface area contributed by atoms with Crippen molar-refractivity contribution in [2.45, 2.75) is 12.8 Å². The van der Waals surface area contributed by atoms with Crippen molar-refractivity contribution in [1.29, 1.82) is 0 Å². The molecule has 1 unspecified atom stereocenters. The number of pyridine rings is 1. The number of aromatic nitrogens is 1. The molecule has 4 heteroatoms. The maximum absolute atomic E-state index is 6.18. The van der Waals surface area contributed by atoms with Crippen LogP contribution in [-0.2, 0) is 0 Å². The van der Waals surface area contributed by atoms with E-state index in [1.54, 1.807) is 6.20 Å². The zero-order chi connectivity index (χ0) is 11.0. The van der Waals surface area contributed by atoms with Crippen LogP contribution in [0.15, 0.2) is 18.5 Å². The largest absolute Gasteiger partial charge is 0.370 e. The lowest BCUT2D eigenvalue weighted by molar-refractivity contribution is 0.369. The molecule has 1 atom stereocenters. The monoisotopic (exact) mass is 237 g/mol. The molecule has 2 saturated heterocycles. The maximum atomic E-state index is 6.18. The first-order chi connectivity index (χ1) is 7.79. The maximum Gasteiger partial charge on any atom is 0.0822 e. The van der Waals surface area contributed by atoms with Gasteiger partial charge in [0.25, 0.3) is 0 Å². The normalized spacial score (nSPS) is 29.2. The first-order valence-corrected chi connectivity index (χ1v) is 6.22. The second-order valence-corrected chi connectivity index (χ2v) is 5.33. The highest BCUT2D eigenvalue weighted by Crippen LogP contribution is 2.39. The van der Waals surface area contributed by atoms with Gasteiger partial charge in [0.2, 0.25) is 0 Å². The molecule has 2 fully saturated rings. The van der Waals surface area contributed by atoms with Gasteiger partial charge in [-0.05, 0) is 25.5 Å². The number of hydrogen-bond donors (Lipinski definition) is 1. The fraction of sp³-hybridized carbons (Fsp3) is 0.583. The van der Waals surface area contributed by atoms with Crippen LogP contribution in [0.4, 0.5) is 5.69 Å². The summed E-state index contributed by atoms with van der Waals surface area (Å²) in [5.41, 5.74) is 1.63. The highest BCUT2D eigenvalue weighted by atomic mass is 35.5. The SMILES string of the molecule is Clc1cnccc1N1CCC2(CCNC2)C1. The quantitative estimate of drug-likeness (QED) is 0.809. The zero-order valence-corrected chi connectivity index (χ0v) is 10.0. The van der Waals surface area contributed by atoms with E-state index in [-0.39, 0.29) is 0 Å². The van der Waals surface area contributed by atoms with E-state index in [2.05, 4.69) is 15.2 Å². The topological polar surface area (TPSA) is 28.2 Å². The molecule has 0 saturated carbocycles. The molecule has 2 aliphatic heterocycles. The van der Waals surface area contributed by atoms with Crippen LogP contribution in [0.25, 0.3) is 0 Å². The molecule has 0 bridgehead atoms. The van der Waals surface area contributed by atoms with Crippen LogP contribution in [0.2, 0.25) is 5.02 Å². The minimum Gasteiger partial charge on any atom is -0.370 e. The van der Waals surface area contributed by atoms with E-state index in [1.807, 2.05) is 12.3 Å². The number of rotatable bonds is 1. The van der Waals surface area contributed by atoms with Gasteiger partial charge in [0.05, 0.1) is 10.7 Å². The van der Waals surface area contributed by atoms with Crippen molar-refractivity contribution in [3.63, 3.8) is 0 Å². The Morgan fingerprint density at radius 3 is 3.12 bits per heavy atom. The minimum absolute atomic E-state index is 0.493. The molecule has 1 aromatic rings. The Morgan fingerprint density at radius 1 is 1.44 bits per heavy atom. The minimum atomic E-state index is 0.493. The van der Waals surface area contributed by atoms with Gasteiger partial charge < -0.3 is 10.2 Å². The third-order valence-corrected chi connectivity index (χ3v) is 4.15. The van der Waals surface area contributed by atoms with Crippen molar-refractivity contribution in [3.05, 3.63) is 23.5 Å². The van der Waals surface area contributed by atoms with Gasteiger partial charge in [-0.1, -0.05) is 11.6 Å².